The topological polar surface area (TPSA) is 60.5 Å². The molecule has 3 aromatic carbocycles. The van der Waals surface area contributed by atoms with E-state index in [1.165, 1.54) is 48.8 Å². The Morgan fingerprint density at radius 2 is 1.81 bits per heavy atom. The molecule has 5 nitrogen and oxygen atoms in total. The SMILES string of the molecule is COc1cc(-c2nc(C(=O)Nc3ccc(F)cc3)cs2)ccc1OCc1ccccc1F. The number of nitrogens with one attached hydrogen (secondary N) is 1. The van der Waals surface area contributed by atoms with E-state index in [-0.39, 0.29) is 23.9 Å². The van der Waals surface area contributed by atoms with Crippen LogP contribution in [0.2, 0.25) is 0 Å². The molecule has 0 fully saturated rings. The van der Waals surface area contributed by atoms with E-state index in [0.717, 1.165) is 5.56 Å². The average Bonchev–Trinajstić information content (AvgIpc) is 3.30. The van der Waals surface area contributed by atoms with E-state index >= 15 is 0 Å². The molecule has 162 valence electrons. The number of hydrogen-bond donors (Lipinski definition) is 1. The van der Waals surface area contributed by atoms with Crippen LogP contribution in [0.15, 0.2) is 72.1 Å². The minimum absolute atomic E-state index is 0.0628. The van der Waals surface area contributed by atoms with Crippen LogP contribution in [0.1, 0.15) is 16.1 Å². The highest BCUT2D eigenvalue weighted by molar-refractivity contribution is 7.13. The van der Waals surface area contributed by atoms with Crippen molar-refractivity contribution >= 4 is 22.9 Å². The second-order valence-electron chi connectivity index (χ2n) is 6.74. The van der Waals surface area contributed by atoms with Gasteiger partial charge in [-0.05, 0) is 48.5 Å². The van der Waals surface area contributed by atoms with E-state index in [1.807, 2.05) is 0 Å². The number of amides is 1. The summed E-state index contributed by atoms with van der Waals surface area (Å²) in [5, 5.41) is 4.94. The van der Waals surface area contributed by atoms with Crippen molar-refractivity contribution in [1.82, 2.24) is 4.98 Å². The molecule has 8 heteroatoms. The van der Waals surface area contributed by atoms with Crippen molar-refractivity contribution < 1.29 is 23.0 Å². The lowest BCUT2D eigenvalue weighted by Crippen LogP contribution is -2.12. The number of rotatable bonds is 7. The molecular weight excluding hydrogens is 434 g/mol. The number of anilines is 1. The fraction of sp³-hybridized carbons (Fsp3) is 0.0833. The fourth-order valence-electron chi connectivity index (χ4n) is 2.93. The predicted octanol–water partition coefficient (Wildman–Crippen LogP) is 5.93. The van der Waals surface area contributed by atoms with Crippen molar-refractivity contribution in [2.24, 2.45) is 0 Å². The molecule has 1 N–H and O–H groups in total. The number of thiazole rings is 1. The Hall–Kier alpha value is -3.78. The van der Waals surface area contributed by atoms with Crippen molar-refractivity contribution in [3.05, 3.63) is 95.0 Å². The van der Waals surface area contributed by atoms with Gasteiger partial charge in [-0.15, -0.1) is 11.3 Å². The monoisotopic (exact) mass is 452 g/mol. The van der Waals surface area contributed by atoms with Gasteiger partial charge in [0.05, 0.1) is 7.11 Å². The highest BCUT2D eigenvalue weighted by Gasteiger charge is 2.15. The molecule has 0 atom stereocenters. The Bertz CT molecular complexity index is 1240. The summed E-state index contributed by atoms with van der Waals surface area (Å²) in [6.07, 6.45) is 0. The molecule has 4 rings (SSSR count). The third kappa shape index (κ3) is 4.92. The maximum absolute atomic E-state index is 13.8. The van der Waals surface area contributed by atoms with Crippen LogP contribution in [-0.2, 0) is 6.61 Å². The van der Waals surface area contributed by atoms with Gasteiger partial charge in [0, 0.05) is 22.2 Å². The van der Waals surface area contributed by atoms with Crippen molar-refractivity contribution in [2.45, 2.75) is 6.61 Å². The molecule has 0 saturated heterocycles. The minimum atomic E-state index is -0.393. The van der Waals surface area contributed by atoms with Gasteiger partial charge < -0.3 is 14.8 Å². The van der Waals surface area contributed by atoms with Crippen LogP contribution < -0.4 is 14.8 Å². The average molecular weight is 452 g/mol. The van der Waals surface area contributed by atoms with Gasteiger partial charge in [0.15, 0.2) is 11.5 Å². The Kier molecular flexibility index (Phi) is 6.42. The highest BCUT2D eigenvalue weighted by Crippen LogP contribution is 2.34. The molecule has 0 aliphatic rings. The van der Waals surface area contributed by atoms with Crippen LogP contribution in [0.25, 0.3) is 10.6 Å². The first kappa shape index (κ1) is 21.5. The zero-order valence-electron chi connectivity index (χ0n) is 17.0. The van der Waals surface area contributed by atoms with Gasteiger partial charge in [-0.2, -0.15) is 0 Å². The molecule has 0 saturated carbocycles. The number of carbonyl (C=O) groups is 1. The molecule has 1 amide bonds. The number of nitrogens with zero attached hydrogens (tertiary/aromatic N) is 1. The molecule has 0 unspecified atom stereocenters. The lowest BCUT2D eigenvalue weighted by atomic mass is 10.2. The summed E-state index contributed by atoms with van der Waals surface area (Å²) < 4.78 is 38.0. The van der Waals surface area contributed by atoms with E-state index in [4.69, 9.17) is 9.47 Å². The van der Waals surface area contributed by atoms with Gasteiger partial charge in [-0.3, -0.25) is 4.79 Å². The zero-order chi connectivity index (χ0) is 22.5. The number of methoxy groups -OCH3 is 1. The molecule has 0 radical (unpaired) electrons. The lowest BCUT2D eigenvalue weighted by molar-refractivity contribution is 0.102. The van der Waals surface area contributed by atoms with Gasteiger partial charge in [-0.1, -0.05) is 18.2 Å². The smallest absolute Gasteiger partial charge is 0.275 e. The van der Waals surface area contributed by atoms with Gasteiger partial charge in [-0.25, -0.2) is 13.8 Å². The number of halogens is 2. The fourth-order valence-corrected chi connectivity index (χ4v) is 3.73. The first-order valence-corrected chi connectivity index (χ1v) is 10.5. The first-order chi connectivity index (χ1) is 15.5. The van der Waals surface area contributed by atoms with Crippen molar-refractivity contribution in [3.63, 3.8) is 0 Å². The molecule has 1 heterocycles. The third-order valence-electron chi connectivity index (χ3n) is 4.59. The van der Waals surface area contributed by atoms with E-state index in [9.17, 15) is 13.6 Å². The van der Waals surface area contributed by atoms with Crippen LogP contribution >= 0.6 is 11.3 Å². The van der Waals surface area contributed by atoms with Crippen LogP contribution in [0.5, 0.6) is 11.5 Å². The number of hydrogen-bond acceptors (Lipinski definition) is 5. The summed E-state index contributed by atoms with van der Waals surface area (Å²) in [7, 11) is 1.51. The summed E-state index contributed by atoms with van der Waals surface area (Å²) >= 11 is 1.30. The van der Waals surface area contributed by atoms with Crippen LogP contribution in [0, 0.1) is 11.6 Å². The molecular formula is C24H18F2N2O3S. The van der Waals surface area contributed by atoms with E-state index in [0.29, 0.717) is 27.8 Å². The molecule has 0 bridgehead atoms. The second-order valence-corrected chi connectivity index (χ2v) is 7.60. The molecule has 0 spiro atoms. The van der Waals surface area contributed by atoms with Gasteiger partial charge >= 0.3 is 0 Å². The van der Waals surface area contributed by atoms with E-state index in [2.05, 4.69) is 10.3 Å². The third-order valence-corrected chi connectivity index (χ3v) is 5.48. The van der Waals surface area contributed by atoms with E-state index in [1.54, 1.807) is 41.8 Å². The standard InChI is InChI=1S/C24H18F2N2O3S/c1-30-22-12-15(6-11-21(22)31-13-16-4-2-3-5-19(16)26)24-28-20(14-32-24)23(29)27-18-9-7-17(25)8-10-18/h2-12,14H,13H2,1H3,(H,27,29). The Morgan fingerprint density at radius 3 is 2.56 bits per heavy atom. The number of carbonyl (C=O) groups excluding carboxylic acids is 1. The lowest BCUT2D eigenvalue weighted by Gasteiger charge is -2.12. The van der Waals surface area contributed by atoms with E-state index < -0.39 is 5.91 Å². The van der Waals surface area contributed by atoms with Crippen molar-refractivity contribution in [2.75, 3.05) is 12.4 Å². The Morgan fingerprint density at radius 1 is 1.03 bits per heavy atom. The first-order valence-electron chi connectivity index (χ1n) is 9.60. The van der Waals surface area contributed by atoms with Gasteiger partial charge in [0.25, 0.3) is 5.91 Å². The Labute approximate surface area is 187 Å². The summed E-state index contributed by atoms with van der Waals surface area (Å²) in [6, 6.07) is 17.1. The number of benzene rings is 3. The molecule has 0 aliphatic heterocycles. The van der Waals surface area contributed by atoms with Gasteiger partial charge in [0.1, 0.15) is 28.9 Å². The van der Waals surface area contributed by atoms with Crippen LogP contribution in [0.3, 0.4) is 0 Å². The molecule has 32 heavy (non-hydrogen) atoms. The summed E-state index contributed by atoms with van der Waals surface area (Å²) in [5.41, 5.74) is 1.90. The maximum Gasteiger partial charge on any atom is 0.275 e. The summed E-state index contributed by atoms with van der Waals surface area (Å²) in [5.74, 6) is -0.181. The largest absolute Gasteiger partial charge is 0.493 e. The maximum atomic E-state index is 13.8. The summed E-state index contributed by atoms with van der Waals surface area (Å²) in [6.45, 7) is 0.0628. The van der Waals surface area contributed by atoms with Crippen molar-refractivity contribution in [3.8, 4) is 22.1 Å². The molecule has 1 aromatic heterocycles. The van der Waals surface area contributed by atoms with Gasteiger partial charge in [0.2, 0.25) is 0 Å². The molecule has 0 aliphatic carbocycles. The molecule has 4 aromatic rings. The highest BCUT2D eigenvalue weighted by atomic mass is 32.1. The second kappa shape index (κ2) is 9.57. The number of aromatic nitrogens is 1. The van der Waals surface area contributed by atoms with Crippen LogP contribution in [0.4, 0.5) is 14.5 Å². The van der Waals surface area contributed by atoms with Crippen molar-refractivity contribution in [1.29, 1.82) is 0 Å². The van der Waals surface area contributed by atoms with Crippen LogP contribution in [-0.4, -0.2) is 18.0 Å². The predicted molar refractivity (Wildman–Crippen MR) is 119 cm³/mol. The Balaban J connectivity index is 1.48. The summed E-state index contributed by atoms with van der Waals surface area (Å²) in [4.78, 5) is 16.8. The quantitative estimate of drug-likeness (QED) is 0.378. The number of ether oxygens (including phenoxy) is 2. The minimum Gasteiger partial charge on any atom is -0.493 e. The normalized spacial score (nSPS) is 10.6. The zero-order valence-corrected chi connectivity index (χ0v) is 17.8.